The zero-order chi connectivity index (χ0) is 21.8. The van der Waals surface area contributed by atoms with Gasteiger partial charge in [0.15, 0.2) is 0 Å². The van der Waals surface area contributed by atoms with E-state index in [9.17, 15) is 4.79 Å². The highest BCUT2D eigenvalue weighted by atomic mass is 16.2. The van der Waals surface area contributed by atoms with E-state index in [-0.39, 0.29) is 0 Å². The quantitative estimate of drug-likeness (QED) is 0.626. The van der Waals surface area contributed by atoms with Crippen molar-refractivity contribution in [3.8, 4) is 0 Å². The molecule has 4 heterocycles. The van der Waals surface area contributed by atoms with Gasteiger partial charge in [0.05, 0.1) is 12.5 Å². The number of fused-ring (bicyclic) bond motifs is 7. The van der Waals surface area contributed by atoms with Crippen molar-refractivity contribution in [3.05, 3.63) is 47.7 Å². The second-order valence-corrected chi connectivity index (χ2v) is 10.9. The normalized spacial score (nSPS) is 30.2. The lowest BCUT2D eigenvalue weighted by atomic mass is 9.68. The number of likely N-dealkylation sites (tertiary alicyclic amines) is 1. The zero-order valence-corrected chi connectivity index (χ0v) is 19.7. The molecule has 1 aromatic carbocycles. The average Bonchev–Trinajstić information content (AvgIpc) is 3.17. The van der Waals surface area contributed by atoms with Gasteiger partial charge in [0.2, 0.25) is 5.91 Å². The number of carbonyl (C=O) groups excluding carboxylic acids is 1. The van der Waals surface area contributed by atoms with Crippen molar-refractivity contribution in [1.29, 1.82) is 0 Å². The van der Waals surface area contributed by atoms with Gasteiger partial charge < -0.3 is 9.47 Å². The number of carbonyl (C=O) groups is 1. The summed E-state index contributed by atoms with van der Waals surface area (Å²) in [6.07, 6.45) is 13.1. The highest BCUT2D eigenvalue weighted by Gasteiger charge is 2.46. The van der Waals surface area contributed by atoms with E-state index in [1.165, 1.54) is 61.7 Å². The maximum Gasteiger partial charge on any atom is 0.227 e. The fraction of sp³-hybridized carbons (Fsp3) is 0.607. The average molecular weight is 432 g/mol. The Bertz CT molecular complexity index is 1050. The predicted molar refractivity (Wildman–Crippen MR) is 130 cm³/mol. The summed E-state index contributed by atoms with van der Waals surface area (Å²) in [5.41, 5.74) is 4.01. The van der Waals surface area contributed by atoms with E-state index in [4.69, 9.17) is 0 Å². The van der Waals surface area contributed by atoms with E-state index in [1.807, 2.05) is 0 Å². The van der Waals surface area contributed by atoms with Crippen LogP contribution in [0.25, 0.3) is 10.9 Å². The third-order valence-electron chi connectivity index (χ3n) is 8.70. The van der Waals surface area contributed by atoms with Crippen molar-refractivity contribution in [3.63, 3.8) is 0 Å². The highest BCUT2D eigenvalue weighted by molar-refractivity contribution is 5.89. The summed E-state index contributed by atoms with van der Waals surface area (Å²) in [5.74, 6) is 1.67. The first-order valence-corrected chi connectivity index (χ1v) is 12.9. The van der Waals surface area contributed by atoms with Crippen LogP contribution in [0.2, 0.25) is 0 Å². The van der Waals surface area contributed by atoms with E-state index in [0.29, 0.717) is 30.3 Å². The number of amides is 1. The Morgan fingerprint density at radius 3 is 2.88 bits per heavy atom. The Balaban J connectivity index is 1.28. The second kappa shape index (κ2) is 8.06. The van der Waals surface area contributed by atoms with Crippen LogP contribution < -0.4 is 0 Å². The van der Waals surface area contributed by atoms with Crippen LogP contribution in [-0.4, -0.2) is 52.0 Å². The first-order valence-electron chi connectivity index (χ1n) is 12.9. The first kappa shape index (κ1) is 20.5. The Hall–Kier alpha value is -2.07. The number of para-hydroxylation sites is 1. The van der Waals surface area contributed by atoms with E-state index < -0.39 is 0 Å². The molecule has 4 atom stereocenters. The van der Waals surface area contributed by atoms with Crippen molar-refractivity contribution in [2.75, 3.05) is 19.6 Å². The van der Waals surface area contributed by atoms with Gasteiger partial charge in [-0.25, -0.2) is 0 Å². The molecule has 4 heteroatoms. The largest absolute Gasteiger partial charge is 0.345 e. The summed E-state index contributed by atoms with van der Waals surface area (Å²) in [6, 6.07) is 10.1. The van der Waals surface area contributed by atoms with Crippen LogP contribution in [0.1, 0.15) is 64.0 Å². The van der Waals surface area contributed by atoms with Gasteiger partial charge in [-0.1, -0.05) is 36.3 Å². The SMILES string of the molecule is CC(C)n1cc(CC(=O)N2CCCC3=C[C@H]4C[C@@H](CN5CCCCC45)C32)c2ccccc21. The molecule has 1 amide bonds. The van der Waals surface area contributed by atoms with Crippen molar-refractivity contribution >= 4 is 16.8 Å². The lowest BCUT2D eigenvalue weighted by Crippen LogP contribution is -2.60. The van der Waals surface area contributed by atoms with E-state index in [1.54, 1.807) is 5.57 Å². The van der Waals surface area contributed by atoms with Crippen LogP contribution >= 0.6 is 0 Å². The molecule has 0 N–H and O–H groups in total. The van der Waals surface area contributed by atoms with Gasteiger partial charge in [-0.2, -0.15) is 0 Å². The second-order valence-electron chi connectivity index (χ2n) is 10.9. The van der Waals surface area contributed by atoms with Crippen LogP contribution in [-0.2, 0) is 11.2 Å². The van der Waals surface area contributed by atoms with Crippen LogP contribution in [0, 0.1) is 11.8 Å². The molecule has 170 valence electrons. The van der Waals surface area contributed by atoms with Gasteiger partial charge in [-0.3, -0.25) is 9.69 Å². The number of rotatable bonds is 3. The van der Waals surface area contributed by atoms with Gasteiger partial charge in [-0.05, 0) is 76.0 Å². The Labute approximate surface area is 192 Å². The standard InChI is InChI=1S/C28H37N3O/c1-19(2)31-18-22(24-9-3-4-11-26(24)31)16-27(32)30-13-7-8-20-14-21-15-23(28(20)30)17-29-12-6-5-10-25(21)29/h3-4,9,11,14,18-19,21,23,25,28H,5-8,10,12-13,15-17H2,1-2H3/t21-,23-,25?,28?/m0/s1. The van der Waals surface area contributed by atoms with Crippen LogP contribution in [0.5, 0.6) is 0 Å². The minimum absolute atomic E-state index is 0.325. The minimum atomic E-state index is 0.325. The van der Waals surface area contributed by atoms with Crippen LogP contribution in [0.4, 0.5) is 0 Å². The van der Waals surface area contributed by atoms with E-state index in [2.05, 4.69) is 64.8 Å². The number of nitrogens with zero attached hydrogens (tertiary/aromatic N) is 3. The van der Waals surface area contributed by atoms with E-state index in [0.717, 1.165) is 24.9 Å². The maximum atomic E-state index is 13.8. The molecular weight excluding hydrogens is 394 g/mol. The fourth-order valence-corrected chi connectivity index (χ4v) is 7.36. The van der Waals surface area contributed by atoms with Gasteiger partial charge in [-0.15, -0.1) is 0 Å². The zero-order valence-electron chi connectivity index (χ0n) is 19.7. The lowest BCUT2D eigenvalue weighted by Gasteiger charge is -2.54. The molecular formula is C28H37N3O. The van der Waals surface area contributed by atoms with Gasteiger partial charge in [0.1, 0.15) is 0 Å². The summed E-state index contributed by atoms with van der Waals surface area (Å²) >= 11 is 0. The molecule has 4 aliphatic rings. The van der Waals surface area contributed by atoms with Crippen molar-refractivity contribution in [1.82, 2.24) is 14.4 Å². The topological polar surface area (TPSA) is 28.5 Å². The maximum absolute atomic E-state index is 13.8. The molecule has 1 aliphatic carbocycles. The molecule has 0 spiro atoms. The summed E-state index contributed by atoms with van der Waals surface area (Å²) in [5, 5.41) is 1.24. The van der Waals surface area contributed by atoms with Gasteiger partial charge in [0.25, 0.3) is 0 Å². The smallest absolute Gasteiger partial charge is 0.227 e. The highest BCUT2D eigenvalue weighted by Crippen LogP contribution is 2.45. The molecule has 2 aromatic rings. The van der Waals surface area contributed by atoms with Crippen LogP contribution in [0.15, 0.2) is 42.1 Å². The van der Waals surface area contributed by atoms with Crippen LogP contribution in [0.3, 0.4) is 0 Å². The number of hydrogen-bond donors (Lipinski definition) is 0. The summed E-state index contributed by atoms with van der Waals surface area (Å²) in [4.78, 5) is 18.8. The van der Waals surface area contributed by atoms with Crippen molar-refractivity contribution in [2.45, 2.75) is 76.9 Å². The molecule has 6 rings (SSSR count). The molecule has 3 saturated heterocycles. The first-order chi connectivity index (χ1) is 15.6. The van der Waals surface area contributed by atoms with Gasteiger partial charge >= 0.3 is 0 Å². The monoisotopic (exact) mass is 431 g/mol. The number of hydrogen-bond acceptors (Lipinski definition) is 2. The number of aromatic nitrogens is 1. The lowest BCUT2D eigenvalue weighted by molar-refractivity contribution is -0.135. The molecule has 0 radical (unpaired) electrons. The number of piperidine rings is 3. The molecule has 0 saturated carbocycles. The molecule has 2 bridgehead atoms. The molecule has 1 aromatic heterocycles. The Morgan fingerprint density at radius 1 is 1.12 bits per heavy atom. The third-order valence-corrected chi connectivity index (χ3v) is 8.70. The summed E-state index contributed by atoms with van der Waals surface area (Å²) in [7, 11) is 0. The molecule has 2 unspecified atom stereocenters. The number of benzene rings is 1. The minimum Gasteiger partial charge on any atom is -0.345 e. The van der Waals surface area contributed by atoms with Gasteiger partial charge in [0, 0.05) is 42.3 Å². The molecule has 4 nitrogen and oxygen atoms in total. The third kappa shape index (κ3) is 3.34. The predicted octanol–water partition coefficient (Wildman–Crippen LogP) is 5.19. The van der Waals surface area contributed by atoms with E-state index >= 15 is 0 Å². The Morgan fingerprint density at radius 2 is 2.00 bits per heavy atom. The summed E-state index contributed by atoms with van der Waals surface area (Å²) < 4.78 is 2.32. The summed E-state index contributed by atoms with van der Waals surface area (Å²) in [6.45, 7) is 7.81. The molecule has 32 heavy (non-hydrogen) atoms. The molecule has 3 fully saturated rings. The van der Waals surface area contributed by atoms with Crippen molar-refractivity contribution < 1.29 is 4.79 Å². The molecule has 3 aliphatic heterocycles. The van der Waals surface area contributed by atoms with Crippen molar-refractivity contribution in [2.24, 2.45) is 11.8 Å². The fourth-order valence-electron chi connectivity index (χ4n) is 7.36. The Kier molecular flexibility index (Phi) is 5.17.